The maximum Gasteiger partial charge on any atom is 0.0979 e. The molecule has 3 unspecified atom stereocenters. The number of nitrogens with two attached hydrogens (primary N) is 1. The van der Waals surface area contributed by atoms with E-state index in [0.717, 1.165) is 16.5 Å². The fourth-order valence-corrected chi connectivity index (χ4v) is 1.95. The average molecular weight is 314 g/mol. The lowest BCUT2D eigenvalue weighted by atomic mass is 10.00. The minimum Gasteiger partial charge on any atom is -0.369 e. The van der Waals surface area contributed by atoms with Gasteiger partial charge < -0.3 is 10.5 Å². The molecule has 102 valence electrons. The summed E-state index contributed by atoms with van der Waals surface area (Å²) >= 11 is 3.45. The third kappa shape index (κ3) is 4.38. The molecule has 0 aliphatic rings. The van der Waals surface area contributed by atoms with Gasteiger partial charge in [0.25, 0.3) is 0 Å². The van der Waals surface area contributed by atoms with Crippen molar-refractivity contribution in [2.45, 2.75) is 52.4 Å². The molecule has 0 saturated heterocycles. The molecule has 0 aliphatic carbocycles. The Morgan fingerprint density at radius 2 is 1.72 bits per heavy atom. The number of halogens is 1. The van der Waals surface area contributed by atoms with Crippen LogP contribution in [0, 0.1) is 5.92 Å². The van der Waals surface area contributed by atoms with Gasteiger partial charge in [0.05, 0.1) is 12.2 Å². The van der Waals surface area contributed by atoms with Crippen molar-refractivity contribution in [1.82, 2.24) is 0 Å². The van der Waals surface area contributed by atoms with E-state index in [-0.39, 0.29) is 18.2 Å². The normalized spacial score (nSPS) is 16.6. The van der Waals surface area contributed by atoms with Crippen LogP contribution in [-0.4, -0.2) is 12.1 Å². The second-order valence-corrected chi connectivity index (χ2v) is 6.05. The van der Waals surface area contributed by atoms with Crippen LogP contribution >= 0.6 is 15.9 Å². The monoisotopic (exact) mass is 313 g/mol. The lowest BCUT2D eigenvalue weighted by Gasteiger charge is -2.29. The molecule has 0 aliphatic heterocycles. The van der Waals surface area contributed by atoms with Crippen molar-refractivity contribution in [1.29, 1.82) is 0 Å². The largest absolute Gasteiger partial charge is 0.369 e. The Hall–Kier alpha value is -0.380. The second kappa shape index (κ2) is 7.27. The summed E-state index contributed by atoms with van der Waals surface area (Å²) in [5, 5.41) is 0. The summed E-state index contributed by atoms with van der Waals surface area (Å²) in [6.07, 6.45) is 1.09. The molecule has 0 heterocycles. The number of hydrogen-bond donors (Lipinski definition) is 1. The highest BCUT2D eigenvalue weighted by Gasteiger charge is 2.22. The summed E-state index contributed by atoms with van der Waals surface area (Å²) in [6, 6.07) is 8.27. The predicted octanol–water partition coefficient (Wildman–Crippen LogP) is 4.29. The summed E-state index contributed by atoms with van der Waals surface area (Å²) in [6.45, 7) is 8.54. The van der Waals surface area contributed by atoms with Gasteiger partial charge in [-0.25, -0.2) is 0 Å². The van der Waals surface area contributed by atoms with Crippen molar-refractivity contribution in [2.75, 3.05) is 0 Å². The molecule has 0 bridgehead atoms. The van der Waals surface area contributed by atoms with Gasteiger partial charge >= 0.3 is 0 Å². The molecule has 0 fully saturated rings. The predicted molar refractivity (Wildman–Crippen MR) is 80.5 cm³/mol. The zero-order valence-corrected chi connectivity index (χ0v) is 13.3. The van der Waals surface area contributed by atoms with Crippen LogP contribution in [0.25, 0.3) is 0 Å². The van der Waals surface area contributed by atoms with Crippen LogP contribution in [0.1, 0.15) is 45.8 Å². The Kier molecular flexibility index (Phi) is 6.33. The van der Waals surface area contributed by atoms with Gasteiger partial charge in [0, 0.05) is 10.5 Å². The SMILES string of the molecule is CCC(N)C(OC(C)C(C)C)c1ccc(Br)cc1. The van der Waals surface area contributed by atoms with Crippen molar-refractivity contribution >= 4 is 15.9 Å². The number of hydrogen-bond acceptors (Lipinski definition) is 2. The van der Waals surface area contributed by atoms with Crippen molar-refractivity contribution in [3.8, 4) is 0 Å². The van der Waals surface area contributed by atoms with E-state index in [9.17, 15) is 0 Å². The molecule has 0 spiro atoms. The minimum absolute atomic E-state index is 0.0273. The molecule has 2 N–H and O–H groups in total. The lowest BCUT2D eigenvalue weighted by Crippen LogP contribution is -2.33. The van der Waals surface area contributed by atoms with Crippen LogP contribution < -0.4 is 5.73 Å². The Morgan fingerprint density at radius 3 is 2.17 bits per heavy atom. The van der Waals surface area contributed by atoms with Crippen molar-refractivity contribution in [3.63, 3.8) is 0 Å². The van der Waals surface area contributed by atoms with Gasteiger partial charge in [-0.3, -0.25) is 0 Å². The molecule has 3 atom stereocenters. The molecule has 2 nitrogen and oxygen atoms in total. The fourth-order valence-electron chi connectivity index (χ4n) is 1.68. The van der Waals surface area contributed by atoms with Gasteiger partial charge in [-0.1, -0.05) is 48.8 Å². The molecule has 1 aromatic carbocycles. The minimum atomic E-state index is -0.0273. The first-order valence-electron chi connectivity index (χ1n) is 6.62. The quantitative estimate of drug-likeness (QED) is 0.850. The van der Waals surface area contributed by atoms with Crippen molar-refractivity contribution in [3.05, 3.63) is 34.3 Å². The molecule has 3 heteroatoms. The molecule has 0 saturated carbocycles. The van der Waals surface area contributed by atoms with Gasteiger partial charge in [0.2, 0.25) is 0 Å². The summed E-state index contributed by atoms with van der Waals surface area (Å²) in [5.74, 6) is 0.493. The first-order valence-corrected chi connectivity index (χ1v) is 7.41. The van der Waals surface area contributed by atoms with Crippen LogP contribution in [0.3, 0.4) is 0 Å². The highest BCUT2D eigenvalue weighted by atomic mass is 79.9. The number of benzene rings is 1. The summed E-state index contributed by atoms with van der Waals surface area (Å²) in [5.41, 5.74) is 7.35. The topological polar surface area (TPSA) is 35.2 Å². The molecule has 1 aromatic rings. The average Bonchev–Trinajstić information content (AvgIpc) is 2.35. The van der Waals surface area contributed by atoms with Crippen LogP contribution in [0.2, 0.25) is 0 Å². The Labute approximate surface area is 119 Å². The van der Waals surface area contributed by atoms with E-state index in [1.165, 1.54) is 0 Å². The van der Waals surface area contributed by atoms with Gasteiger partial charge in [0.15, 0.2) is 0 Å². The first-order chi connectivity index (χ1) is 8.45. The van der Waals surface area contributed by atoms with E-state index in [4.69, 9.17) is 10.5 Å². The zero-order chi connectivity index (χ0) is 13.7. The highest BCUT2D eigenvalue weighted by Crippen LogP contribution is 2.26. The van der Waals surface area contributed by atoms with Gasteiger partial charge in [-0.15, -0.1) is 0 Å². The molecule has 0 amide bonds. The molecule has 18 heavy (non-hydrogen) atoms. The van der Waals surface area contributed by atoms with Crippen LogP contribution in [-0.2, 0) is 4.74 Å². The molecule has 0 aromatic heterocycles. The summed E-state index contributed by atoms with van der Waals surface area (Å²) < 4.78 is 7.23. The Balaban J connectivity index is 2.87. The van der Waals surface area contributed by atoms with Crippen LogP contribution in [0.15, 0.2) is 28.7 Å². The zero-order valence-electron chi connectivity index (χ0n) is 11.7. The highest BCUT2D eigenvalue weighted by molar-refractivity contribution is 9.10. The number of ether oxygens (including phenoxy) is 1. The van der Waals surface area contributed by atoms with Gasteiger partial charge in [-0.2, -0.15) is 0 Å². The van der Waals surface area contributed by atoms with Crippen molar-refractivity contribution < 1.29 is 4.74 Å². The van der Waals surface area contributed by atoms with E-state index in [0.29, 0.717) is 5.92 Å². The van der Waals surface area contributed by atoms with E-state index in [1.54, 1.807) is 0 Å². The molecule has 0 radical (unpaired) electrons. The molecular weight excluding hydrogens is 290 g/mol. The van der Waals surface area contributed by atoms with E-state index < -0.39 is 0 Å². The fraction of sp³-hybridized carbons (Fsp3) is 0.600. The van der Waals surface area contributed by atoms with Crippen molar-refractivity contribution in [2.24, 2.45) is 11.7 Å². The molecular formula is C15H24BrNO. The van der Waals surface area contributed by atoms with Crippen LogP contribution in [0.5, 0.6) is 0 Å². The van der Waals surface area contributed by atoms with E-state index in [2.05, 4.69) is 55.8 Å². The number of rotatable bonds is 6. The lowest BCUT2D eigenvalue weighted by molar-refractivity contribution is -0.0395. The second-order valence-electron chi connectivity index (χ2n) is 5.13. The Morgan fingerprint density at radius 1 is 1.17 bits per heavy atom. The molecule has 1 rings (SSSR count). The van der Waals surface area contributed by atoms with Gasteiger partial charge in [0.1, 0.15) is 0 Å². The first kappa shape index (κ1) is 15.7. The smallest absolute Gasteiger partial charge is 0.0979 e. The standard InChI is InChI=1S/C15H24BrNO/c1-5-14(17)15(18-11(4)10(2)3)12-6-8-13(16)9-7-12/h6-11,14-15H,5,17H2,1-4H3. The maximum atomic E-state index is 6.20. The third-order valence-electron chi connectivity index (χ3n) is 3.36. The van der Waals surface area contributed by atoms with E-state index >= 15 is 0 Å². The maximum absolute atomic E-state index is 6.20. The van der Waals surface area contributed by atoms with Crippen LogP contribution in [0.4, 0.5) is 0 Å². The summed E-state index contributed by atoms with van der Waals surface area (Å²) in [4.78, 5) is 0. The summed E-state index contributed by atoms with van der Waals surface area (Å²) in [7, 11) is 0. The Bertz CT molecular complexity index is 350. The van der Waals surface area contributed by atoms with Gasteiger partial charge in [-0.05, 0) is 37.0 Å². The third-order valence-corrected chi connectivity index (χ3v) is 3.89. The van der Waals surface area contributed by atoms with E-state index in [1.807, 2.05) is 12.1 Å².